The fourth-order valence-corrected chi connectivity index (χ4v) is 6.84. The summed E-state index contributed by atoms with van der Waals surface area (Å²) in [5, 5.41) is 6.48. The van der Waals surface area contributed by atoms with E-state index in [0.717, 1.165) is 57.0 Å². The number of piperazine rings is 1. The summed E-state index contributed by atoms with van der Waals surface area (Å²) in [7, 11) is 0. The Balaban J connectivity index is 1.17. The monoisotopic (exact) mass is 599 g/mol. The molecule has 9 heteroatoms. The average molecular weight is 600 g/mol. The number of nitrogens with zero attached hydrogens (tertiary/aromatic N) is 5. The maximum Gasteiger partial charge on any atom is 0.253 e. The van der Waals surface area contributed by atoms with Crippen LogP contribution in [-0.2, 0) is 4.79 Å². The van der Waals surface area contributed by atoms with Crippen molar-refractivity contribution >= 4 is 23.2 Å². The predicted molar refractivity (Wildman–Crippen MR) is 173 cm³/mol. The van der Waals surface area contributed by atoms with E-state index in [1.807, 2.05) is 61.2 Å². The molecule has 2 aromatic carbocycles. The van der Waals surface area contributed by atoms with E-state index in [0.29, 0.717) is 42.4 Å². The molecule has 2 saturated heterocycles. The highest BCUT2D eigenvalue weighted by Gasteiger charge is 2.41. The van der Waals surface area contributed by atoms with Gasteiger partial charge >= 0.3 is 0 Å². The van der Waals surface area contributed by atoms with Gasteiger partial charge in [-0.2, -0.15) is 5.10 Å². The number of fused-ring (bicyclic) bond motifs is 1. The third-order valence-electron chi connectivity index (χ3n) is 9.31. The van der Waals surface area contributed by atoms with Crippen molar-refractivity contribution in [2.45, 2.75) is 39.5 Å². The second kappa shape index (κ2) is 13.9. The van der Waals surface area contributed by atoms with Gasteiger partial charge in [-0.05, 0) is 95.1 Å². The Morgan fingerprint density at radius 2 is 1.43 bits per heavy atom. The fourth-order valence-electron chi connectivity index (χ4n) is 6.84. The molecule has 3 heterocycles. The van der Waals surface area contributed by atoms with E-state index in [1.54, 1.807) is 0 Å². The van der Waals surface area contributed by atoms with Crippen molar-refractivity contribution in [1.82, 2.24) is 14.7 Å². The lowest BCUT2D eigenvalue weighted by atomic mass is 9.76. The largest absolute Gasteiger partial charge is 0.490 e. The van der Waals surface area contributed by atoms with Gasteiger partial charge in [0.25, 0.3) is 11.8 Å². The fraction of sp³-hybridized carbons (Fsp3) is 0.514. The Morgan fingerprint density at radius 1 is 0.795 bits per heavy atom. The minimum absolute atomic E-state index is 0.00830. The Labute approximate surface area is 261 Å². The normalized spacial score (nSPS) is 22.6. The molecule has 2 fully saturated rings. The minimum atomic E-state index is -0.197. The lowest BCUT2D eigenvalue weighted by Gasteiger charge is -2.37. The number of ether oxygens (including phenoxy) is 2. The average Bonchev–Trinajstić information content (AvgIpc) is 3.59. The highest BCUT2D eigenvalue weighted by Crippen LogP contribution is 2.38. The van der Waals surface area contributed by atoms with Gasteiger partial charge in [0, 0.05) is 56.3 Å². The van der Waals surface area contributed by atoms with Crippen LogP contribution in [-0.4, -0.2) is 97.8 Å². The number of likely N-dealkylation sites (tertiary alicyclic amines) is 1. The van der Waals surface area contributed by atoms with Crippen molar-refractivity contribution in [1.29, 1.82) is 0 Å². The Hall–Kier alpha value is -3.69. The molecule has 0 radical (unpaired) electrons. The summed E-state index contributed by atoms with van der Waals surface area (Å²) in [6.45, 7) is 12.9. The number of rotatable bonds is 10. The van der Waals surface area contributed by atoms with Gasteiger partial charge in [-0.3, -0.25) is 14.5 Å². The first-order chi connectivity index (χ1) is 21.6. The molecule has 9 nitrogen and oxygen atoms in total. The van der Waals surface area contributed by atoms with Crippen LogP contribution in [0.3, 0.4) is 0 Å². The first-order valence-corrected chi connectivity index (χ1v) is 16.4. The molecular formula is C35H45N5O4. The van der Waals surface area contributed by atoms with Crippen molar-refractivity contribution < 1.29 is 19.1 Å². The molecule has 234 valence electrons. The maximum atomic E-state index is 13.7. The van der Waals surface area contributed by atoms with Crippen LogP contribution in [0.5, 0.6) is 11.5 Å². The first-order valence-electron chi connectivity index (χ1n) is 16.4. The quantitative estimate of drug-likeness (QED) is 0.370. The van der Waals surface area contributed by atoms with Gasteiger partial charge in [-0.25, -0.2) is 5.01 Å². The van der Waals surface area contributed by atoms with Crippen molar-refractivity contribution in [2.24, 2.45) is 16.9 Å². The summed E-state index contributed by atoms with van der Waals surface area (Å²) < 4.78 is 11.7. The number of carbonyl (C=O) groups excluding carboxylic acids is 2. The third kappa shape index (κ3) is 6.54. The van der Waals surface area contributed by atoms with Gasteiger partial charge in [0.05, 0.1) is 30.5 Å². The smallest absolute Gasteiger partial charge is 0.253 e. The first kappa shape index (κ1) is 30.3. The number of hydrazone groups is 1. The van der Waals surface area contributed by atoms with Crippen molar-refractivity contribution in [3.8, 4) is 11.5 Å². The van der Waals surface area contributed by atoms with Crippen LogP contribution in [0.1, 0.15) is 55.5 Å². The number of hydrogen-bond acceptors (Lipinski definition) is 7. The summed E-state index contributed by atoms with van der Waals surface area (Å²) in [4.78, 5) is 34.1. The molecule has 0 unspecified atom stereocenters. The molecule has 2 amide bonds. The number of allylic oxidation sites excluding steroid dienone is 2. The molecule has 0 bridgehead atoms. The van der Waals surface area contributed by atoms with Gasteiger partial charge in [-0.15, -0.1) is 0 Å². The lowest BCUT2D eigenvalue weighted by molar-refractivity contribution is -0.123. The van der Waals surface area contributed by atoms with Gasteiger partial charge in [0.15, 0.2) is 11.5 Å². The number of anilines is 1. The van der Waals surface area contributed by atoms with Crippen LogP contribution in [0, 0.1) is 11.8 Å². The zero-order valence-corrected chi connectivity index (χ0v) is 26.1. The standard InChI is InChI=1S/C35H45N5O4/c1-3-43-31-16-13-27(25-32(31)44-4-2)33-29-9-5-6-10-30(29)35(42)40(36-33)28-14-11-26(12-15-28)34(41)39-23-21-38(22-24-39)20-19-37-17-7-8-18-37/h5-6,11-16,25,29-30H,3-4,7-10,17-24H2,1-2H3/t29-,30+/m0/s1. The van der Waals surface area contributed by atoms with Gasteiger partial charge in [0.1, 0.15) is 0 Å². The molecule has 0 spiro atoms. The number of carbonyl (C=O) groups is 2. The molecule has 2 atom stereocenters. The van der Waals surface area contributed by atoms with E-state index in [2.05, 4.69) is 22.0 Å². The van der Waals surface area contributed by atoms with Crippen LogP contribution in [0.25, 0.3) is 0 Å². The van der Waals surface area contributed by atoms with E-state index < -0.39 is 0 Å². The van der Waals surface area contributed by atoms with Crippen molar-refractivity contribution in [2.75, 3.05) is 70.6 Å². The predicted octanol–water partition coefficient (Wildman–Crippen LogP) is 4.67. The van der Waals surface area contributed by atoms with Crippen LogP contribution in [0.2, 0.25) is 0 Å². The van der Waals surface area contributed by atoms with Crippen molar-refractivity contribution in [3.63, 3.8) is 0 Å². The molecule has 0 aromatic heterocycles. The molecule has 6 rings (SSSR count). The van der Waals surface area contributed by atoms with Crippen LogP contribution in [0.15, 0.2) is 59.7 Å². The SMILES string of the molecule is CCOc1ccc(C2=NN(c3ccc(C(=O)N4CCN(CCN5CCCC5)CC4)cc3)C(=O)[C@@H]3CC=CC[C@H]23)cc1OCC. The topological polar surface area (TPSA) is 77.9 Å². The number of amides is 2. The second-order valence-electron chi connectivity index (χ2n) is 12.0. The summed E-state index contributed by atoms with van der Waals surface area (Å²) in [5.41, 5.74) is 3.09. The molecule has 0 saturated carbocycles. The Bertz CT molecular complexity index is 1380. The van der Waals surface area contributed by atoms with E-state index in [9.17, 15) is 9.59 Å². The molecule has 4 aliphatic rings. The highest BCUT2D eigenvalue weighted by atomic mass is 16.5. The van der Waals surface area contributed by atoms with E-state index >= 15 is 0 Å². The van der Waals surface area contributed by atoms with Crippen LogP contribution < -0.4 is 14.5 Å². The Morgan fingerprint density at radius 3 is 2.11 bits per heavy atom. The van der Waals surface area contributed by atoms with E-state index in [-0.39, 0.29) is 23.7 Å². The van der Waals surface area contributed by atoms with Gasteiger partial charge < -0.3 is 19.3 Å². The van der Waals surface area contributed by atoms with Crippen LogP contribution in [0.4, 0.5) is 5.69 Å². The Kier molecular flexibility index (Phi) is 9.62. The lowest BCUT2D eigenvalue weighted by Crippen LogP contribution is -2.50. The van der Waals surface area contributed by atoms with E-state index in [1.165, 1.54) is 30.9 Å². The summed E-state index contributed by atoms with van der Waals surface area (Å²) >= 11 is 0. The molecule has 0 N–H and O–H groups in total. The number of hydrogen-bond donors (Lipinski definition) is 0. The number of benzene rings is 2. The second-order valence-corrected chi connectivity index (χ2v) is 12.0. The zero-order chi connectivity index (χ0) is 30.5. The maximum absolute atomic E-state index is 13.7. The molecule has 44 heavy (non-hydrogen) atoms. The van der Waals surface area contributed by atoms with Gasteiger partial charge in [0.2, 0.25) is 0 Å². The zero-order valence-electron chi connectivity index (χ0n) is 26.1. The summed E-state index contributed by atoms with van der Waals surface area (Å²) in [6.07, 6.45) is 8.31. The van der Waals surface area contributed by atoms with Crippen LogP contribution >= 0.6 is 0 Å². The third-order valence-corrected chi connectivity index (χ3v) is 9.31. The van der Waals surface area contributed by atoms with Crippen molar-refractivity contribution in [3.05, 3.63) is 65.7 Å². The molecule has 3 aliphatic heterocycles. The van der Waals surface area contributed by atoms with Gasteiger partial charge in [-0.1, -0.05) is 12.2 Å². The molecular weight excluding hydrogens is 554 g/mol. The van der Waals surface area contributed by atoms with E-state index in [4.69, 9.17) is 14.6 Å². The summed E-state index contributed by atoms with van der Waals surface area (Å²) in [6, 6.07) is 13.3. The highest BCUT2D eigenvalue weighted by molar-refractivity contribution is 6.11. The molecule has 2 aromatic rings. The molecule has 1 aliphatic carbocycles. The minimum Gasteiger partial charge on any atom is -0.490 e. The summed E-state index contributed by atoms with van der Waals surface area (Å²) in [5.74, 6) is 1.20.